The Morgan fingerprint density at radius 3 is 2.75 bits per heavy atom. The lowest BCUT2D eigenvalue weighted by atomic mass is 10.2. The molecule has 1 saturated carbocycles. The van der Waals surface area contributed by atoms with Gasteiger partial charge in [-0.3, -0.25) is 9.59 Å². The molecule has 1 aromatic carbocycles. The van der Waals surface area contributed by atoms with Gasteiger partial charge in [-0.2, -0.15) is 0 Å². The van der Waals surface area contributed by atoms with Crippen molar-refractivity contribution in [2.75, 3.05) is 12.4 Å². The standard InChI is InChI=1S/C17H17BrN2O3S/c1-23-13-5-2-10(8-12(13)18)9-19-17(22)14-6-7-15(24-14)20-16(21)11-3-4-11/h2,5-8,11H,3-4,9H2,1H3,(H,19,22)(H,20,21). The van der Waals surface area contributed by atoms with Crippen molar-refractivity contribution in [1.82, 2.24) is 5.32 Å². The van der Waals surface area contributed by atoms with Crippen molar-refractivity contribution in [3.63, 3.8) is 0 Å². The molecule has 0 radical (unpaired) electrons. The molecule has 2 aromatic rings. The van der Waals surface area contributed by atoms with Gasteiger partial charge in [0.25, 0.3) is 5.91 Å². The number of halogens is 1. The van der Waals surface area contributed by atoms with Crippen LogP contribution in [0.2, 0.25) is 0 Å². The largest absolute Gasteiger partial charge is 0.496 e. The number of methoxy groups -OCH3 is 1. The van der Waals surface area contributed by atoms with Crippen molar-refractivity contribution >= 4 is 44.1 Å². The molecule has 2 amide bonds. The van der Waals surface area contributed by atoms with Crippen LogP contribution in [0.4, 0.5) is 5.00 Å². The molecule has 3 rings (SSSR count). The van der Waals surface area contributed by atoms with Gasteiger partial charge >= 0.3 is 0 Å². The Kier molecular flexibility index (Phi) is 5.20. The molecule has 0 bridgehead atoms. The number of carbonyl (C=O) groups excluding carboxylic acids is 2. The number of anilines is 1. The lowest BCUT2D eigenvalue weighted by Gasteiger charge is -2.07. The normalized spacial score (nSPS) is 13.4. The van der Waals surface area contributed by atoms with Gasteiger partial charge in [-0.1, -0.05) is 6.07 Å². The fraction of sp³-hybridized carbons (Fsp3) is 0.294. The highest BCUT2D eigenvalue weighted by atomic mass is 79.9. The fourth-order valence-electron chi connectivity index (χ4n) is 2.19. The second kappa shape index (κ2) is 7.36. The molecule has 5 nitrogen and oxygen atoms in total. The van der Waals surface area contributed by atoms with E-state index >= 15 is 0 Å². The minimum absolute atomic E-state index is 0.0480. The van der Waals surface area contributed by atoms with Crippen molar-refractivity contribution in [2.45, 2.75) is 19.4 Å². The van der Waals surface area contributed by atoms with E-state index in [1.165, 1.54) is 11.3 Å². The molecule has 1 fully saturated rings. The summed E-state index contributed by atoms with van der Waals surface area (Å²) in [5.41, 5.74) is 0.967. The second-order valence-corrected chi connectivity index (χ2v) is 7.52. The van der Waals surface area contributed by atoms with Crippen molar-refractivity contribution in [1.29, 1.82) is 0 Å². The second-order valence-electron chi connectivity index (χ2n) is 5.58. The quantitative estimate of drug-likeness (QED) is 0.763. The van der Waals surface area contributed by atoms with Crippen LogP contribution in [0, 0.1) is 5.92 Å². The van der Waals surface area contributed by atoms with Gasteiger partial charge in [0.1, 0.15) is 5.75 Å². The van der Waals surface area contributed by atoms with E-state index < -0.39 is 0 Å². The summed E-state index contributed by atoms with van der Waals surface area (Å²) >= 11 is 4.71. The fourth-order valence-corrected chi connectivity index (χ4v) is 3.60. The van der Waals surface area contributed by atoms with Crippen LogP contribution < -0.4 is 15.4 Å². The summed E-state index contributed by atoms with van der Waals surface area (Å²) < 4.78 is 6.03. The maximum Gasteiger partial charge on any atom is 0.261 e. The zero-order chi connectivity index (χ0) is 17.1. The van der Waals surface area contributed by atoms with Crippen LogP contribution in [0.3, 0.4) is 0 Å². The van der Waals surface area contributed by atoms with Gasteiger partial charge in [0.05, 0.1) is 21.5 Å². The zero-order valence-electron chi connectivity index (χ0n) is 13.1. The number of amides is 2. The summed E-state index contributed by atoms with van der Waals surface area (Å²) in [4.78, 5) is 24.5. The van der Waals surface area contributed by atoms with Crippen LogP contribution in [0.5, 0.6) is 5.75 Å². The topological polar surface area (TPSA) is 67.4 Å². The van der Waals surface area contributed by atoms with Crippen LogP contribution in [-0.2, 0) is 11.3 Å². The Morgan fingerprint density at radius 1 is 1.29 bits per heavy atom. The summed E-state index contributed by atoms with van der Waals surface area (Å²) in [6.45, 7) is 0.420. The van der Waals surface area contributed by atoms with Crippen LogP contribution >= 0.6 is 27.3 Å². The van der Waals surface area contributed by atoms with Gasteiger partial charge in [0.2, 0.25) is 5.91 Å². The van der Waals surface area contributed by atoms with E-state index in [1.807, 2.05) is 18.2 Å². The van der Waals surface area contributed by atoms with Crippen LogP contribution in [-0.4, -0.2) is 18.9 Å². The molecule has 1 heterocycles. The van der Waals surface area contributed by atoms with Gasteiger partial charge < -0.3 is 15.4 Å². The summed E-state index contributed by atoms with van der Waals surface area (Å²) in [6.07, 6.45) is 1.92. The first kappa shape index (κ1) is 17.0. The Balaban J connectivity index is 1.56. The Morgan fingerprint density at radius 2 is 2.08 bits per heavy atom. The first-order chi connectivity index (χ1) is 11.6. The average molecular weight is 409 g/mol. The first-order valence-electron chi connectivity index (χ1n) is 7.58. The number of hydrogen-bond acceptors (Lipinski definition) is 4. The van der Waals surface area contributed by atoms with Crippen LogP contribution in [0.1, 0.15) is 28.1 Å². The molecule has 0 atom stereocenters. The minimum atomic E-state index is -0.154. The summed E-state index contributed by atoms with van der Waals surface area (Å²) in [5, 5.41) is 6.44. The monoisotopic (exact) mass is 408 g/mol. The number of hydrogen-bond donors (Lipinski definition) is 2. The van der Waals surface area contributed by atoms with E-state index in [0.717, 1.165) is 28.6 Å². The molecule has 24 heavy (non-hydrogen) atoms. The highest BCUT2D eigenvalue weighted by Gasteiger charge is 2.29. The molecule has 0 spiro atoms. The average Bonchev–Trinajstić information content (AvgIpc) is 3.33. The molecule has 0 aliphatic heterocycles. The lowest BCUT2D eigenvalue weighted by molar-refractivity contribution is -0.117. The van der Waals surface area contributed by atoms with E-state index in [-0.39, 0.29) is 17.7 Å². The summed E-state index contributed by atoms with van der Waals surface area (Å²) in [7, 11) is 1.61. The van der Waals surface area contributed by atoms with E-state index in [4.69, 9.17) is 4.74 Å². The van der Waals surface area contributed by atoms with E-state index in [2.05, 4.69) is 26.6 Å². The number of ether oxygens (including phenoxy) is 1. The molecule has 1 aliphatic rings. The number of rotatable bonds is 6. The molecular weight excluding hydrogens is 392 g/mol. The SMILES string of the molecule is COc1ccc(CNC(=O)c2ccc(NC(=O)C3CC3)s2)cc1Br. The highest BCUT2D eigenvalue weighted by Crippen LogP contribution is 2.31. The van der Waals surface area contributed by atoms with Crippen molar-refractivity contribution < 1.29 is 14.3 Å². The third-order valence-electron chi connectivity index (χ3n) is 3.69. The number of thiophene rings is 1. The maximum atomic E-state index is 12.2. The molecule has 1 aliphatic carbocycles. The molecular formula is C17H17BrN2O3S. The zero-order valence-corrected chi connectivity index (χ0v) is 15.5. The third kappa shape index (κ3) is 4.15. The van der Waals surface area contributed by atoms with Gasteiger partial charge in [0, 0.05) is 12.5 Å². The molecule has 7 heteroatoms. The molecule has 1 aromatic heterocycles. The van der Waals surface area contributed by atoms with Crippen molar-refractivity contribution in [3.05, 3.63) is 45.2 Å². The summed E-state index contributed by atoms with van der Waals surface area (Å²) in [6, 6.07) is 9.16. The molecule has 126 valence electrons. The number of benzene rings is 1. The van der Waals surface area contributed by atoms with Crippen molar-refractivity contribution in [2.24, 2.45) is 5.92 Å². The maximum absolute atomic E-state index is 12.2. The third-order valence-corrected chi connectivity index (χ3v) is 5.31. The van der Waals surface area contributed by atoms with Gasteiger partial charge in [-0.05, 0) is 58.6 Å². The number of carbonyl (C=O) groups is 2. The van der Waals surface area contributed by atoms with E-state index in [1.54, 1.807) is 19.2 Å². The Bertz CT molecular complexity index is 771. The highest BCUT2D eigenvalue weighted by molar-refractivity contribution is 9.10. The first-order valence-corrected chi connectivity index (χ1v) is 9.19. The Hall–Kier alpha value is -1.86. The van der Waals surface area contributed by atoms with Crippen LogP contribution in [0.15, 0.2) is 34.8 Å². The minimum Gasteiger partial charge on any atom is -0.496 e. The Labute approximate surface area is 152 Å². The molecule has 2 N–H and O–H groups in total. The predicted octanol–water partition coefficient (Wildman–Crippen LogP) is 3.80. The molecule has 0 saturated heterocycles. The summed E-state index contributed by atoms with van der Waals surface area (Å²) in [5.74, 6) is 0.794. The van der Waals surface area contributed by atoms with Crippen molar-refractivity contribution in [3.8, 4) is 5.75 Å². The van der Waals surface area contributed by atoms with Gasteiger partial charge in [-0.15, -0.1) is 11.3 Å². The van der Waals surface area contributed by atoms with E-state index in [9.17, 15) is 9.59 Å². The lowest BCUT2D eigenvalue weighted by Crippen LogP contribution is -2.21. The van der Waals surface area contributed by atoms with Gasteiger partial charge in [0.15, 0.2) is 0 Å². The smallest absolute Gasteiger partial charge is 0.261 e. The number of nitrogens with one attached hydrogen (secondary N) is 2. The van der Waals surface area contributed by atoms with Crippen LogP contribution in [0.25, 0.3) is 0 Å². The molecule has 0 unspecified atom stereocenters. The van der Waals surface area contributed by atoms with Gasteiger partial charge in [-0.25, -0.2) is 0 Å². The van der Waals surface area contributed by atoms with E-state index in [0.29, 0.717) is 16.4 Å². The predicted molar refractivity (Wildman–Crippen MR) is 97.5 cm³/mol.